The number of hydrogen-bond acceptors (Lipinski definition) is 3. The van der Waals surface area contributed by atoms with Gasteiger partial charge in [-0.05, 0) is 11.6 Å². The molecule has 0 spiro atoms. The summed E-state index contributed by atoms with van der Waals surface area (Å²) in [6.45, 7) is 0. The zero-order valence-electron chi connectivity index (χ0n) is 7.90. The molecule has 2 rings (SSSR count). The molecule has 3 nitrogen and oxygen atoms in total. The third kappa shape index (κ3) is 1.35. The Kier molecular flexibility index (Phi) is 2.19. The van der Waals surface area contributed by atoms with Gasteiger partial charge in [0, 0.05) is 24.6 Å². The summed E-state index contributed by atoms with van der Waals surface area (Å²) in [5.74, 6) is 0.958. The van der Waals surface area contributed by atoms with Gasteiger partial charge in [-0.3, -0.25) is 4.99 Å². The Bertz CT molecular complexity index is 418. The van der Waals surface area contributed by atoms with E-state index in [0.29, 0.717) is 6.42 Å². The lowest BCUT2D eigenvalue weighted by Crippen LogP contribution is -1.94. The highest BCUT2D eigenvalue weighted by Crippen LogP contribution is 2.36. The van der Waals surface area contributed by atoms with Gasteiger partial charge in [-0.2, -0.15) is 5.26 Å². The number of nitriles is 1. The average Bonchev–Trinajstić information content (AvgIpc) is 2.61. The maximum absolute atomic E-state index is 8.62. The Balaban J connectivity index is 2.34. The van der Waals surface area contributed by atoms with Crippen molar-refractivity contribution < 1.29 is 4.74 Å². The standard InChI is InChI=1S/C11H10N2O/c1-14-9-2-3-10-8(4-5-12)7-13-11(10)6-9/h2-3,6-8H,4H2,1H3/t8-/m0/s1. The quantitative estimate of drug-likeness (QED) is 0.711. The molecule has 0 unspecified atom stereocenters. The van der Waals surface area contributed by atoms with E-state index in [4.69, 9.17) is 10.00 Å². The second-order valence-corrected chi connectivity index (χ2v) is 3.17. The van der Waals surface area contributed by atoms with Gasteiger partial charge in [0.1, 0.15) is 5.75 Å². The van der Waals surface area contributed by atoms with Crippen LogP contribution in [0.25, 0.3) is 0 Å². The van der Waals surface area contributed by atoms with E-state index in [9.17, 15) is 0 Å². The molecule has 3 heteroatoms. The van der Waals surface area contributed by atoms with Gasteiger partial charge in [-0.25, -0.2) is 0 Å². The second-order valence-electron chi connectivity index (χ2n) is 3.17. The summed E-state index contributed by atoms with van der Waals surface area (Å²) in [5, 5.41) is 8.62. The molecule has 1 aromatic rings. The zero-order valence-corrected chi connectivity index (χ0v) is 7.90. The number of benzene rings is 1. The van der Waals surface area contributed by atoms with Gasteiger partial charge >= 0.3 is 0 Å². The van der Waals surface area contributed by atoms with Gasteiger partial charge < -0.3 is 4.74 Å². The lowest BCUT2D eigenvalue weighted by atomic mass is 9.98. The van der Waals surface area contributed by atoms with Crippen LogP contribution in [-0.2, 0) is 0 Å². The normalized spacial score (nSPS) is 17.6. The number of nitrogens with zero attached hydrogens (tertiary/aromatic N) is 2. The average molecular weight is 186 g/mol. The van der Waals surface area contributed by atoms with Crippen LogP contribution < -0.4 is 4.74 Å². The van der Waals surface area contributed by atoms with E-state index in [2.05, 4.69) is 11.1 Å². The fraction of sp³-hybridized carbons (Fsp3) is 0.273. The predicted octanol–water partition coefficient (Wildman–Crippen LogP) is 2.41. The van der Waals surface area contributed by atoms with E-state index in [-0.39, 0.29) is 5.92 Å². The molecule has 14 heavy (non-hydrogen) atoms. The Morgan fingerprint density at radius 3 is 3.14 bits per heavy atom. The number of methoxy groups -OCH3 is 1. The molecule has 0 aliphatic carbocycles. The zero-order chi connectivity index (χ0) is 9.97. The molecule has 0 saturated heterocycles. The summed E-state index contributed by atoms with van der Waals surface area (Å²) < 4.78 is 5.10. The third-order valence-electron chi connectivity index (χ3n) is 2.34. The van der Waals surface area contributed by atoms with Crippen molar-refractivity contribution in [1.29, 1.82) is 5.26 Å². The van der Waals surface area contributed by atoms with Crippen molar-refractivity contribution in [1.82, 2.24) is 0 Å². The van der Waals surface area contributed by atoms with Crippen LogP contribution in [0.15, 0.2) is 23.2 Å². The number of fused-ring (bicyclic) bond motifs is 1. The molecule has 0 aromatic heterocycles. The molecular weight excluding hydrogens is 176 g/mol. The van der Waals surface area contributed by atoms with Crippen LogP contribution in [0.2, 0.25) is 0 Å². The monoisotopic (exact) mass is 186 g/mol. The number of aliphatic imine (C=N–C) groups is 1. The van der Waals surface area contributed by atoms with Crippen LogP contribution >= 0.6 is 0 Å². The molecule has 1 heterocycles. The molecule has 1 aromatic carbocycles. The fourth-order valence-corrected chi connectivity index (χ4v) is 1.59. The third-order valence-corrected chi connectivity index (χ3v) is 2.34. The first-order chi connectivity index (χ1) is 6.85. The minimum Gasteiger partial charge on any atom is -0.497 e. The Hall–Kier alpha value is -1.82. The summed E-state index contributed by atoms with van der Waals surface area (Å²) in [5.41, 5.74) is 2.04. The smallest absolute Gasteiger partial charge is 0.121 e. The van der Waals surface area contributed by atoms with Crippen molar-refractivity contribution in [2.24, 2.45) is 4.99 Å². The van der Waals surface area contributed by atoms with Gasteiger partial charge in [-0.15, -0.1) is 0 Å². The molecule has 0 amide bonds. The van der Waals surface area contributed by atoms with E-state index in [1.54, 1.807) is 7.11 Å². The molecule has 0 radical (unpaired) electrons. The molecule has 0 saturated carbocycles. The predicted molar refractivity (Wildman–Crippen MR) is 54.1 cm³/mol. The second kappa shape index (κ2) is 3.51. The molecular formula is C11H10N2O. The van der Waals surface area contributed by atoms with E-state index >= 15 is 0 Å². The maximum atomic E-state index is 8.62. The molecule has 0 N–H and O–H groups in total. The topological polar surface area (TPSA) is 45.4 Å². The van der Waals surface area contributed by atoms with Crippen molar-refractivity contribution in [3.63, 3.8) is 0 Å². The van der Waals surface area contributed by atoms with Gasteiger partial charge in [0.05, 0.1) is 18.9 Å². The fourth-order valence-electron chi connectivity index (χ4n) is 1.59. The van der Waals surface area contributed by atoms with Gasteiger partial charge in [0.15, 0.2) is 0 Å². The Morgan fingerprint density at radius 1 is 1.57 bits per heavy atom. The van der Waals surface area contributed by atoms with Crippen LogP contribution in [0.3, 0.4) is 0 Å². The Morgan fingerprint density at radius 2 is 2.43 bits per heavy atom. The SMILES string of the molecule is COc1ccc2c(c1)N=C[C@@H]2CC#N. The van der Waals surface area contributed by atoms with E-state index in [0.717, 1.165) is 17.0 Å². The largest absolute Gasteiger partial charge is 0.497 e. The van der Waals surface area contributed by atoms with Gasteiger partial charge in [0.2, 0.25) is 0 Å². The number of ether oxygens (including phenoxy) is 1. The molecule has 70 valence electrons. The van der Waals surface area contributed by atoms with E-state index < -0.39 is 0 Å². The highest BCUT2D eigenvalue weighted by atomic mass is 16.5. The van der Waals surface area contributed by atoms with Crippen LogP contribution in [0.4, 0.5) is 5.69 Å². The summed E-state index contributed by atoms with van der Waals surface area (Å²) in [6, 6.07) is 7.92. The first-order valence-corrected chi connectivity index (χ1v) is 4.44. The van der Waals surface area contributed by atoms with Crippen molar-refractivity contribution in [2.45, 2.75) is 12.3 Å². The van der Waals surface area contributed by atoms with Crippen molar-refractivity contribution in [2.75, 3.05) is 7.11 Å². The summed E-state index contributed by atoms with van der Waals surface area (Å²) in [7, 11) is 1.63. The van der Waals surface area contributed by atoms with Crippen molar-refractivity contribution in [3.05, 3.63) is 23.8 Å². The number of rotatable bonds is 2. The van der Waals surface area contributed by atoms with E-state index in [1.165, 1.54) is 0 Å². The first kappa shape index (κ1) is 8.76. The molecule has 1 aliphatic rings. The minimum atomic E-state index is 0.154. The number of hydrogen-bond donors (Lipinski definition) is 0. The summed E-state index contributed by atoms with van der Waals surface area (Å²) >= 11 is 0. The van der Waals surface area contributed by atoms with Gasteiger partial charge in [-0.1, -0.05) is 6.07 Å². The van der Waals surface area contributed by atoms with Crippen molar-refractivity contribution >= 4 is 11.9 Å². The maximum Gasteiger partial charge on any atom is 0.121 e. The van der Waals surface area contributed by atoms with Crippen LogP contribution in [0.5, 0.6) is 5.75 Å². The lowest BCUT2D eigenvalue weighted by Gasteiger charge is -2.05. The molecule has 1 aliphatic heterocycles. The Labute approximate surface area is 82.7 Å². The van der Waals surface area contributed by atoms with Crippen LogP contribution in [0, 0.1) is 11.3 Å². The van der Waals surface area contributed by atoms with Crippen LogP contribution in [0.1, 0.15) is 17.9 Å². The van der Waals surface area contributed by atoms with E-state index in [1.807, 2.05) is 24.4 Å². The lowest BCUT2D eigenvalue weighted by molar-refractivity contribution is 0.415. The first-order valence-electron chi connectivity index (χ1n) is 4.44. The highest BCUT2D eigenvalue weighted by molar-refractivity contribution is 5.81. The van der Waals surface area contributed by atoms with Crippen LogP contribution in [-0.4, -0.2) is 13.3 Å². The molecule has 0 fully saturated rings. The highest BCUT2D eigenvalue weighted by Gasteiger charge is 2.18. The summed E-state index contributed by atoms with van der Waals surface area (Å²) in [4.78, 5) is 4.25. The molecule has 0 bridgehead atoms. The summed E-state index contributed by atoms with van der Waals surface area (Å²) in [6.07, 6.45) is 2.32. The molecule has 1 atom stereocenters. The minimum absolute atomic E-state index is 0.154. The van der Waals surface area contributed by atoms with Crippen molar-refractivity contribution in [3.8, 4) is 11.8 Å². The van der Waals surface area contributed by atoms with Gasteiger partial charge in [0.25, 0.3) is 0 Å².